The predicted octanol–water partition coefficient (Wildman–Crippen LogP) is 3.28. The molecule has 3 heterocycles. The van der Waals surface area contributed by atoms with Gasteiger partial charge in [0.25, 0.3) is 0 Å². The van der Waals surface area contributed by atoms with Gasteiger partial charge < -0.3 is 15.7 Å². The van der Waals surface area contributed by atoms with E-state index in [2.05, 4.69) is 25.6 Å². The number of amides is 1. The number of hydrogen-bond donors (Lipinski definition) is 3. The molecule has 3 rings (SSSR count). The normalized spacial score (nSPS) is 11.0. The number of aryl methyl sites for hydroxylation is 1. The number of alkyl halides is 2. The summed E-state index contributed by atoms with van der Waals surface area (Å²) in [6, 6.07) is 8.30. The number of carbonyl (C=O) groups is 1. The SMILES string of the molecule is Cc1ccnc(NC(=O)Cc2nc(NCC(F)(F)c3ccccn3)cc(C#N)c2O)c1F. The number of aromatic hydroxyl groups is 1. The number of rotatable bonds is 7. The Morgan fingerprint density at radius 2 is 2.03 bits per heavy atom. The van der Waals surface area contributed by atoms with Crippen LogP contribution in [0.1, 0.15) is 22.5 Å². The van der Waals surface area contributed by atoms with Crippen molar-refractivity contribution in [2.45, 2.75) is 19.3 Å². The van der Waals surface area contributed by atoms with Gasteiger partial charge in [0.2, 0.25) is 5.91 Å². The first-order valence-electron chi connectivity index (χ1n) is 9.28. The molecule has 0 fully saturated rings. The summed E-state index contributed by atoms with van der Waals surface area (Å²) in [5.74, 6) is -5.88. The van der Waals surface area contributed by atoms with E-state index in [-0.39, 0.29) is 28.5 Å². The van der Waals surface area contributed by atoms with Crippen LogP contribution in [0.5, 0.6) is 5.75 Å². The molecule has 3 aromatic rings. The molecule has 0 saturated heterocycles. The van der Waals surface area contributed by atoms with Crippen LogP contribution in [0, 0.1) is 24.1 Å². The van der Waals surface area contributed by atoms with E-state index >= 15 is 0 Å². The quantitative estimate of drug-likeness (QED) is 0.513. The van der Waals surface area contributed by atoms with Gasteiger partial charge in [0.15, 0.2) is 17.4 Å². The summed E-state index contributed by atoms with van der Waals surface area (Å²) in [6.07, 6.45) is 1.99. The average Bonchev–Trinajstić information content (AvgIpc) is 2.78. The highest BCUT2D eigenvalue weighted by molar-refractivity contribution is 5.91. The van der Waals surface area contributed by atoms with Gasteiger partial charge in [0.1, 0.15) is 17.6 Å². The molecule has 0 aliphatic rings. The van der Waals surface area contributed by atoms with E-state index in [4.69, 9.17) is 0 Å². The molecule has 0 aliphatic carbocycles. The second-order valence-corrected chi connectivity index (χ2v) is 6.75. The summed E-state index contributed by atoms with van der Waals surface area (Å²) in [6.45, 7) is 0.603. The summed E-state index contributed by atoms with van der Waals surface area (Å²) in [4.78, 5) is 23.6. The van der Waals surface area contributed by atoms with Crippen molar-refractivity contribution in [3.63, 3.8) is 0 Å². The van der Waals surface area contributed by atoms with E-state index in [1.54, 1.807) is 6.07 Å². The highest BCUT2D eigenvalue weighted by atomic mass is 19.3. The maximum Gasteiger partial charge on any atom is 0.306 e. The molecule has 32 heavy (non-hydrogen) atoms. The molecule has 164 valence electrons. The molecular weight excluding hydrogens is 425 g/mol. The topological polar surface area (TPSA) is 124 Å². The van der Waals surface area contributed by atoms with Crippen LogP contribution in [0.3, 0.4) is 0 Å². The summed E-state index contributed by atoms with van der Waals surface area (Å²) in [7, 11) is 0. The molecule has 11 heteroatoms. The molecule has 0 atom stereocenters. The van der Waals surface area contributed by atoms with Gasteiger partial charge in [0, 0.05) is 18.5 Å². The smallest absolute Gasteiger partial charge is 0.306 e. The second-order valence-electron chi connectivity index (χ2n) is 6.75. The van der Waals surface area contributed by atoms with Crippen molar-refractivity contribution in [1.82, 2.24) is 15.0 Å². The van der Waals surface area contributed by atoms with E-state index in [1.165, 1.54) is 43.6 Å². The molecule has 0 unspecified atom stereocenters. The van der Waals surface area contributed by atoms with E-state index in [0.29, 0.717) is 0 Å². The Hall–Kier alpha value is -4.20. The van der Waals surface area contributed by atoms with E-state index < -0.39 is 42.1 Å². The Kier molecular flexibility index (Phi) is 6.53. The van der Waals surface area contributed by atoms with Crippen molar-refractivity contribution >= 4 is 17.5 Å². The summed E-state index contributed by atoms with van der Waals surface area (Å²) < 4.78 is 42.7. The molecule has 1 amide bonds. The Morgan fingerprint density at radius 1 is 1.25 bits per heavy atom. The third kappa shape index (κ3) is 5.10. The van der Waals surface area contributed by atoms with Crippen LogP contribution in [-0.4, -0.2) is 32.5 Å². The van der Waals surface area contributed by atoms with Crippen molar-refractivity contribution in [1.29, 1.82) is 5.26 Å². The molecule has 0 bridgehead atoms. The fourth-order valence-electron chi connectivity index (χ4n) is 2.72. The maximum absolute atomic E-state index is 14.4. The zero-order valence-corrected chi connectivity index (χ0v) is 16.7. The second kappa shape index (κ2) is 9.30. The van der Waals surface area contributed by atoms with Crippen LogP contribution in [0.15, 0.2) is 42.7 Å². The largest absolute Gasteiger partial charge is 0.505 e. The van der Waals surface area contributed by atoms with Gasteiger partial charge in [-0.1, -0.05) is 6.07 Å². The molecule has 0 spiro atoms. The number of nitrogens with zero attached hydrogens (tertiary/aromatic N) is 4. The van der Waals surface area contributed by atoms with Crippen LogP contribution in [0.25, 0.3) is 0 Å². The lowest BCUT2D eigenvalue weighted by atomic mass is 10.1. The highest BCUT2D eigenvalue weighted by Gasteiger charge is 2.33. The first kappa shape index (κ1) is 22.5. The minimum Gasteiger partial charge on any atom is -0.505 e. The van der Waals surface area contributed by atoms with Crippen LogP contribution in [0.4, 0.5) is 24.8 Å². The van der Waals surface area contributed by atoms with Crippen molar-refractivity contribution in [2.75, 3.05) is 17.2 Å². The van der Waals surface area contributed by atoms with Gasteiger partial charge >= 0.3 is 5.92 Å². The van der Waals surface area contributed by atoms with Gasteiger partial charge in [0.05, 0.1) is 24.2 Å². The molecule has 0 radical (unpaired) electrons. The third-order valence-electron chi connectivity index (χ3n) is 4.38. The van der Waals surface area contributed by atoms with Crippen molar-refractivity contribution in [2.24, 2.45) is 0 Å². The lowest BCUT2D eigenvalue weighted by molar-refractivity contribution is -0.115. The number of halogens is 3. The lowest BCUT2D eigenvalue weighted by Gasteiger charge is -2.17. The van der Waals surface area contributed by atoms with Crippen LogP contribution < -0.4 is 10.6 Å². The van der Waals surface area contributed by atoms with Gasteiger partial charge in [-0.15, -0.1) is 0 Å². The molecular formula is C21H17F3N6O2. The van der Waals surface area contributed by atoms with E-state index in [0.717, 1.165) is 6.07 Å². The molecule has 0 saturated carbocycles. The van der Waals surface area contributed by atoms with Crippen molar-refractivity contribution < 1.29 is 23.1 Å². The number of anilines is 2. The Bertz CT molecular complexity index is 1180. The molecule has 3 N–H and O–H groups in total. The van der Waals surface area contributed by atoms with Crippen LogP contribution >= 0.6 is 0 Å². The molecule has 0 aromatic carbocycles. The van der Waals surface area contributed by atoms with Gasteiger partial charge in [-0.3, -0.25) is 9.78 Å². The van der Waals surface area contributed by atoms with Gasteiger partial charge in [-0.25, -0.2) is 14.4 Å². The fourth-order valence-corrected chi connectivity index (χ4v) is 2.72. The molecule has 3 aromatic heterocycles. The zero-order chi connectivity index (χ0) is 23.3. The van der Waals surface area contributed by atoms with Gasteiger partial charge in [-0.2, -0.15) is 14.0 Å². The number of hydrogen-bond acceptors (Lipinski definition) is 7. The summed E-state index contributed by atoms with van der Waals surface area (Å²) in [5, 5.41) is 24.1. The minimum absolute atomic E-state index is 0.155. The standard InChI is InChI=1S/C21H17F3N6O2/c1-12-5-7-27-20(18(12)22)30-17(31)9-14-19(32)13(10-25)8-16(29-14)28-11-21(23,24)15-4-2-3-6-26-15/h2-8,32H,9,11H2,1H3,(H,28,29)(H,27,30,31). The molecule has 0 aliphatic heterocycles. The summed E-state index contributed by atoms with van der Waals surface area (Å²) >= 11 is 0. The predicted molar refractivity (Wildman–Crippen MR) is 109 cm³/mol. The Balaban J connectivity index is 1.78. The maximum atomic E-state index is 14.4. The van der Waals surface area contributed by atoms with Crippen molar-refractivity contribution in [3.05, 3.63) is 71.1 Å². The number of nitrogens with one attached hydrogen (secondary N) is 2. The fraction of sp³-hybridized carbons (Fsp3) is 0.190. The minimum atomic E-state index is -3.35. The highest BCUT2D eigenvalue weighted by Crippen LogP contribution is 2.28. The summed E-state index contributed by atoms with van der Waals surface area (Å²) in [5.41, 5.74) is -0.716. The van der Waals surface area contributed by atoms with E-state index in [1.807, 2.05) is 0 Å². The number of aromatic nitrogens is 3. The molecule has 8 nitrogen and oxygen atoms in total. The monoisotopic (exact) mass is 442 g/mol. The Labute approximate surface area is 180 Å². The number of nitriles is 1. The van der Waals surface area contributed by atoms with Crippen LogP contribution in [0.2, 0.25) is 0 Å². The lowest BCUT2D eigenvalue weighted by Crippen LogP contribution is -2.26. The third-order valence-corrected chi connectivity index (χ3v) is 4.38. The first-order valence-corrected chi connectivity index (χ1v) is 9.28. The van der Waals surface area contributed by atoms with Crippen LogP contribution in [-0.2, 0) is 17.1 Å². The van der Waals surface area contributed by atoms with Gasteiger partial charge in [-0.05, 0) is 30.7 Å². The average molecular weight is 442 g/mol. The first-order chi connectivity index (χ1) is 15.2. The van der Waals surface area contributed by atoms with Crippen molar-refractivity contribution in [3.8, 4) is 11.8 Å². The number of pyridine rings is 3. The number of carbonyl (C=O) groups excluding carboxylic acids is 1. The van der Waals surface area contributed by atoms with E-state index in [9.17, 15) is 28.3 Å². The zero-order valence-electron chi connectivity index (χ0n) is 16.7. The Morgan fingerprint density at radius 3 is 2.72 bits per heavy atom.